The molecule has 0 rings (SSSR count). The van der Waals surface area contributed by atoms with E-state index in [-0.39, 0.29) is 0 Å². The molecule has 4 N–H and O–H groups in total. The van der Waals surface area contributed by atoms with Gasteiger partial charge in [-0.3, -0.25) is 0 Å². The van der Waals surface area contributed by atoms with E-state index in [1.54, 1.807) is 55.4 Å². The number of ether oxygens (including phenoxy) is 4. The Morgan fingerprint density at radius 3 is 0.655 bits per heavy atom. The van der Waals surface area contributed by atoms with Gasteiger partial charge in [-0.05, 0) is 0 Å². The monoisotopic (exact) mass is 460 g/mol. The van der Waals surface area contributed by atoms with Crippen LogP contribution in [-0.2, 0) is 35.5 Å². The molecule has 8 nitrogen and oxygen atoms in total. The zero-order valence-electron chi connectivity index (χ0n) is 20.2. The van der Waals surface area contributed by atoms with Gasteiger partial charge >= 0.3 is 180 Å². The van der Waals surface area contributed by atoms with Gasteiger partial charge in [-0.1, -0.05) is 0 Å². The van der Waals surface area contributed by atoms with Crippen LogP contribution in [-0.4, -0.2) is 88.9 Å². The van der Waals surface area contributed by atoms with E-state index in [0.29, 0.717) is 0 Å². The summed E-state index contributed by atoms with van der Waals surface area (Å²) in [5.74, 6) is 0. The molecule has 0 heterocycles. The van der Waals surface area contributed by atoms with Crippen molar-refractivity contribution < 1.29 is 56.0 Å². The molecule has 0 radical (unpaired) electrons. The van der Waals surface area contributed by atoms with Crippen molar-refractivity contribution in [2.75, 3.05) is 28.4 Å². The van der Waals surface area contributed by atoms with E-state index in [4.69, 9.17) is 18.9 Å². The second-order valence-electron chi connectivity index (χ2n) is 10.1. The molecule has 0 aromatic heterocycles. The SMILES string of the molecule is CO[CH](C(C)(C)O)[Ti]([CH](OC)C(C)(C)O)([CH](OC)C(C)(C)O)[CH](OC)C(C)(C)O. The number of hydrogen-bond acceptors (Lipinski definition) is 8. The van der Waals surface area contributed by atoms with Crippen LogP contribution < -0.4 is 0 Å². The van der Waals surface area contributed by atoms with E-state index in [1.807, 2.05) is 0 Å². The molecule has 9 heteroatoms. The van der Waals surface area contributed by atoms with Crippen LogP contribution in [0.1, 0.15) is 55.4 Å². The summed E-state index contributed by atoms with van der Waals surface area (Å²) in [6.45, 7) is 12.7. The summed E-state index contributed by atoms with van der Waals surface area (Å²) >= 11 is -4.50. The van der Waals surface area contributed by atoms with Crippen molar-refractivity contribution in [3.8, 4) is 0 Å². The van der Waals surface area contributed by atoms with Crippen LogP contribution in [0.5, 0.6) is 0 Å². The standard InChI is InChI=1S/4C5H11O2.Ti/c4*1-5(2,6)4-7-3;/h4*4,6H,1-3H3;. The van der Waals surface area contributed by atoms with Crippen molar-refractivity contribution in [3.63, 3.8) is 0 Å². The van der Waals surface area contributed by atoms with Gasteiger partial charge in [0.25, 0.3) is 0 Å². The molecule has 0 aliphatic heterocycles. The Morgan fingerprint density at radius 1 is 0.448 bits per heavy atom. The Balaban J connectivity index is 7.69. The van der Waals surface area contributed by atoms with E-state index in [9.17, 15) is 20.4 Å². The minimum atomic E-state index is -4.50. The van der Waals surface area contributed by atoms with Crippen molar-refractivity contribution >= 4 is 0 Å². The third-order valence-electron chi connectivity index (χ3n) is 5.33. The first-order chi connectivity index (χ1) is 12.8. The van der Waals surface area contributed by atoms with Crippen LogP contribution in [0.25, 0.3) is 0 Å². The van der Waals surface area contributed by atoms with E-state index >= 15 is 0 Å². The van der Waals surface area contributed by atoms with Crippen molar-refractivity contribution in [3.05, 3.63) is 0 Å². The average Bonchev–Trinajstić information content (AvgIpc) is 2.43. The van der Waals surface area contributed by atoms with Crippen molar-refractivity contribution in [1.82, 2.24) is 0 Å². The van der Waals surface area contributed by atoms with Crippen LogP contribution in [0, 0.1) is 0 Å². The van der Waals surface area contributed by atoms with Crippen LogP contribution in [0.4, 0.5) is 0 Å². The third-order valence-corrected chi connectivity index (χ3v) is 16.9. The summed E-state index contributed by atoms with van der Waals surface area (Å²) in [5.41, 5.74) is -5.66. The van der Waals surface area contributed by atoms with Crippen molar-refractivity contribution in [1.29, 1.82) is 0 Å². The van der Waals surface area contributed by atoms with Crippen LogP contribution >= 0.6 is 0 Å². The fourth-order valence-electron chi connectivity index (χ4n) is 5.24. The summed E-state index contributed by atoms with van der Waals surface area (Å²) in [5, 5.41) is 44.6. The van der Waals surface area contributed by atoms with Gasteiger partial charge in [0.05, 0.1) is 0 Å². The molecule has 0 fully saturated rings. The van der Waals surface area contributed by atoms with Crippen LogP contribution in [0.3, 0.4) is 0 Å². The molecule has 176 valence electrons. The topological polar surface area (TPSA) is 118 Å². The van der Waals surface area contributed by atoms with Crippen LogP contribution in [0.2, 0.25) is 0 Å². The molecule has 4 unspecified atom stereocenters. The molecule has 0 spiro atoms. The first kappa shape index (κ1) is 29.4. The van der Waals surface area contributed by atoms with Crippen molar-refractivity contribution in [2.24, 2.45) is 0 Å². The summed E-state index contributed by atoms with van der Waals surface area (Å²) < 4.78 is 19.9. The molecule has 0 amide bonds. The molecule has 0 aliphatic rings. The molecular formula is C20H44O8Ti. The summed E-state index contributed by atoms with van der Waals surface area (Å²) in [6.07, 6.45) is 0. The van der Waals surface area contributed by atoms with E-state index in [2.05, 4.69) is 0 Å². The van der Waals surface area contributed by atoms with Gasteiger partial charge < -0.3 is 0 Å². The predicted octanol–water partition coefficient (Wildman–Crippen LogP) is 1.11. The maximum absolute atomic E-state index is 11.2. The number of aliphatic hydroxyl groups is 4. The Hall–Kier alpha value is 0.394. The first-order valence-corrected chi connectivity index (χ1v) is 13.4. The second kappa shape index (κ2) is 9.90. The molecule has 0 aliphatic carbocycles. The summed E-state index contributed by atoms with van der Waals surface area (Å²) in [7, 11) is 5.81. The fraction of sp³-hybridized carbons (Fsp3) is 1.00. The quantitative estimate of drug-likeness (QED) is 0.320. The summed E-state index contributed by atoms with van der Waals surface area (Å²) in [6, 6.07) is 0. The zero-order valence-corrected chi connectivity index (χ0v) is 21.8. The molecule has 0 bridgehead atoms. The minimum absolute atomic E-state index is 0.911. The van der Waals surface area contributed by atoms with Gasteiger partial charge in [-0.2, -0.15) is 0 Å². The fourth-order valence-corrected chi connectivity index (χ4v) is 18.0. The summed E-state index contributed by atoms with van der Waals surface area (Å²) in [4.78, 5) is 0. The van der Waals surface area contributed by atoms with E-state index in [1.165, 1.54) is 28.4 Å². The Morgan fingerprint density at radius 2 is 0.586 bits per heavy atom. The second-order valence-corrected chi connectivity index (χ2v) is 16.5. The third kappa shape index (κ3) is 6.22. The molecule has 0 saturated heterocycles. The first-order valence-electron chi connectivity index (χ1n) is 9.78. The van der Waals surface area contributed by atoms with Gasteiger partial charge in [0.15, 0.2) is 0 Å². The van der Waals surface area contributed by atoms with E-state index in [0.717, 1.165) is 0 Å². The molecule has 0 aromatic carbocycles. The van der Waals surface area contributed by atoms with E-state index < -0.39 is 56.6 Å². The maximum atomic E-state index is 11.2. The molecule has 4 atom stereocenters. The van der Waals surface area contributed by atoms with Gasteiger partial charge in [-0.25, -0.2) is 0 Å². The molecule has 0 aromatic rings. The Bertz CT molecular complexity index is 405. The molecular weight excluding hydrogens is 416 g/mol. The Kier molecular flexibility index (Phi) is 10.0. The normalized spacial score (nSPS) is 20.7. The van der Waals surface area contributed by atoms with Gasteiger partial charge in [0, 0.05) is 0 Å². The number of methoxy groups -OCH3 is 4. The molecule has 29 heavy (non-hydrogen) atoms. The van der Waals surface area contributed by atoms with Crippen molar-refractivity contribution in [2.45, 2.75) is 95.4 Å². The number of rotatable bonds is 12. The van der Waals surface area contributed by atoms with Gasteiger partial charge in [0.1, 0.15) is 0 Å². The van der Waals surface area contributed by atoms with Gasteiger partial charge in [0.2, 0.25) is 0 Å². The van der Waals surface area contributed by atoms with Crippen LogP contribution in [0.15, 0.2) is 0 Å². The molecule has 0 saturated carbocycles. The zero-order chi connectivity index (χ0) is 23.6. The predicted molar refractivity (Wildman–Crippen MR) is 108 cm³/mol. The van der Waals surface area contributed by atoms with Gasteiger partial charge in [-0.15, -0.1) is 0 Å². The Labute approximate surface area is 179 Å². The number of hydrogen-bond donors (Lipinski definition) is 4. The average molecular weight is 460 g/mol.